The minimum Gasteiger partial charge on any atom is -0.480 e. The smallest absolute Gasteiger partial charge is 0.327 e. The molecule has 29 heteroatoms. The minimum absolute atomic E-state index is 0.00719. The number of guanidine groups is 3. The first-order valence-electron chi connectivity index (χ1n) is 24.9. The van der Waals surface area contributed by atoms with Crippen molar-refractivity contribution in [2.45, 2.75) is 124 Å². The highest BCUT2D eigenvalue weighted by Crippen LogP contribution is 2.13. The fraction of sp³-hybridized carbons (Fsp3) is 0.521. The van der Waals surface area contributed by atoms with E-state index in [-0.39, 0.29) is 87.4 Å². The van der Waals surface area contributed by atoms with Crippen LogP contribution in [0.25, 0.3) is 0 Å². The van der Waals surface area contributed by atoms with E-state index in [1.165, 1.54) is 0 Å². The second-order valence-corrected chi connectivity index (χ2v) is 19.9. The zero-order chi connectivity index (χ0) is 57.5. The van der Waals surface area contributed by atoms with Gasteiger partial charge in [-0.3, -0.25) is 49.8 Å². The van der Waals surface area contributed by atoms with E-state index in [4.69, 9.17) is 39.2 Å². The van der Waals surface area contributed by atoms with Gasteiger partial charge in [0.15, 0.2) is 17.9 Å². The highest BCUT2D eigenvalue weighted by Gasteiger charge is 2.35. The second kappa shape index (κ2) is 36.2. The van der Waals surface area contributed by atoms with Gasteiger partial charge in [-0.2, -0.15) is 25.3 Å². The number of nitrogens with two attached hydrogens (primary N) is 4. The van der Waals surface area contributed by atoms with Crippen molar-refractivity contribution in [3.05, 3.63) is 71.8 Å². The molecule has 0 saturated heterocycles. The summed E-state index contributed by atoms with van der Waals surface area (Å²) in [6.45, 7) is 2.30. The summed E-state index contributed by atoms with van der Waals surface area (Å²) in [5.74, 6) is -8.45. The van der Waals surface area contributed by atoms with Crippen LogP contribution in [0.5, 0.6) is 0 Å². The van der Waals surface area contributed by atoms with Crippen LogP contribution in [0.4, 0.5) is 0 Å². The lowest BCUT2D eigenvalue weighted by Crippen LogP contribution is -2.61. The van der Waals surface area contributed by atoms with Crippen LogP contribution >= 0.6 is 41.2 Å². The van der Waals surface area contributed by atoms with Crippen molar-refractivity contribution >= 4 is 106 Å². The molecule has 0 saturated carbocycles. The molecule has 0 aliphatic heterocycles. The van der Waals surface area contributed by atoms with Crippen LogP contribution < -0.4 is 76.1 Å². The van der Waals surface area contributed by atoms with Crippen LogP contribution in [0.15, 0.2) is 60.7 Å². The molecule has 0 heterocycles. The van der Waals surface area contributed by atoms with Crippen LogP contribution in [0.2, 0.25) is 0 Å². The fourth-order valence-electron chi connectivity index (χ4n) is 7.35. The van der Waals surface area contributed by atoms with Gasteiger partial charge in [0.2, 0.25) is 41.4 Å². The molecule has 1 unspecified atom stereocenters. The highest BCUT2D eigenvalue weighted by molar-refractivity contribution is 9.09. The molecule has 0 spiro atoms. The molecular formula is C48H76BrN17O9S2. The molecule has 2 aromatic rings. The number of nitrogens with one attached hydrogen (secondary N) is 13. The number of benzene rings is 2. The third kappa shape index (κ3) is 26.7. The quantitative estimate of drug-likeness (QED) is 0.0110. The predicted molar refractivity (Wildman–Crippen MR) is 302 cm³/mol. The Hall–Kier alpha value is -6.85. The molecule has 9 atom stereocenters. The number of carboxylic acid groups (broad SMARTS) is 1. The van der Waals surface area contributed by atoms with E-state index in [2.05, 4.69) is 94.4 Å². The standard InChI is InChI=1S/C48H76BrN17O9S2/c1-2-3-17-31(60-38(67)30(50)16-10-19-57-46(51)52)40(69)65-36(25-76)44(73)61-32(18-11-20-58-47(53)54)39(68)62-33(21-27-12-6-4-7-13-27)41(70)64-35(23-29(49)24-59-48(55)56)43(72)63-34(22-28-14-8-5-9-15-28)42(71)66-37(26-77)45(74)75/h4-9,12-15,29-37,76-77H,2-3,10-11,16-26,50H2,1H3,(H,60,67)(H,61,73)(H,62,68)(H,63,72)(H,64,70)(H,65,69)(H,66,71)(H,74,75)(H4,51,52,57)(H4,53,54,58)(H4,55,56,59)/t29?,30-,31-,32-,33+,34-,35-,36-,37-/m0/s1. The molecule has 22 N–H and O–H groups in total. The Morgan fingerprint density at radius 1 is 0.519 bits per heavy atom. The largest absolute Gasteiger partial charge is 0.480 e. The van der Waals surface area contributed by atoms with E-state index < -0.39 is 100 Å². The van der Waals surface area contributed by atoms with Gasteiger partial charge in [-0.15, -0.1) is 0 Å². The molecule has 0 aliphatic rings. The van der Waals surface area contributed by atoms with Gasteiger partial charge in [-0.05, 0) is 49.7 Å². The number of thiol groups is 2. The number of hydrogen-bond donors (Lipinski definition) is 20. The second-order valence-electron chi connectivity index (χ2n) is 17.9. The van der Waals surface area contributed by atoms with E-state index >= 15 is 0 Å². The predicted octanol–water partition coefficient (Wildman–Crippen LogP) is -2.51. The van der Waals surface area contributed by atoms with Gasteiger partial charge in [0.25, 0.3) is 0 Å². The van der Waals surface area contributed by atoms with Crippen LogP contribution in [0.3, 0.4) is 0 Å². The summed E-state index contributed by atoms with van der Waals surface area (Å²) in [7, 11) is 0. The molecule has 7 amide bonds. The zero-order valence-electron chi connectivity index (χ0n) is 42.9. The number of halogens is 1. The summed E-state index contributed by atoms with van der Waals surface area (Å²) < 4.78 is 0. The topological polar surface area (TPSA) is 453 Å². The first-order chi connectivity index (χ1) is 36.6. The Morgan fingerprint density at radius 2 is 0.883 bits per heavy atom. The summed E-state index contributed by atoms with van der Waals surface area (Å²) in [6.07, 6.45) is 1.69. The molecule has 0 aliphatic carbocycles. The maximum absolute atomic E-state index is 14.6. The molecule has 0 radical (unpaired) electrons. The normalized spacial score (nSPS) is 14.4. The number of aliphatic carboxylic acids is 1. The Labute approximate surface area is 467 Å². The van der Waals surface area contributed by atoms with Crippen molar-refractivity contribution in [1.82, 2.24) is 53.2 Å². The number of hydrogen-bond acceptors (Lipinski definition) is 14. The van der Waals surface area contributed by atoms with Crippen molar-refractivity contribution < 1.29 is 43.5 Å². The lowest BCUT2D eigenvalue weighted by molar-refractivity contribution is -0.141. The summed E-state index contributed by atoms with van der Waals surface area (Å²) in [5.41, 5.74) is 23.6. The van der Waals surface area contributed by atoms with Crippen molar-refractivity contribution in [1.29, 1.82) is 16.2 Å². The SMILES string of the molecule is CCCC[C@H](NC(=O)[C@@H](N)CCCNC(=N)N)C(=O)N[C@@H](CS)C(=O)N[C@@H](CCCNC(=N)N)C(=O)N[C@H](Cc1ccccc1)C(=O)N[C@@H](CC(Br)CNC(=N)N)C(=O)N[C@@H](Cc1ccccc1)C(=O)N[C@@H](CS)C(=O)O. The zero-order valence-corrected chi connectivity index (χ0v) is 46.2. The molecule has 2 aromatic carbocycles. The Balaban J connectivity index is 2.52. The average molecular weight is 1180 g/mol. The monoisotopic (exact) mass is 1180 g/mol. The van der Waals surface area contributed by atoms with E-state index in [0.717, 1.165) is 0 Å². The Kier molecular flexibility index (Phi) is 31.2. The average Bonchev–Trinajstić information content (AvgIpc) is 3.39. The van der Waals surface area contributed by atoms with Crippen molar-refractivity contribution in [3.63, 3.8) is 0 Å². The number of unbranched alkanes of at least 4 members (excludes halogenated alkanes) is 1. The molecule has 0 fully saturated rings. The van der Waals surface area contributed by atoms with Crippen LogP contribution in [0.1, 0.15) is 69.4 Å². The van der Waals surface area contributed by atoms with Crippen molar-refractivity contribution in [2.24, 2.45) is 22.9 Å². The molecule has 26 nitrogen and oxygen atoms in total. The van der Waals surface area contributed by atoms with Gasteiger partial charge >= 0.3 is 5.97 Å². The fourth-order valence-corrected chi connectivity index (χ4v) is 8.39. The molecule has 77 heavy (non-hydrogen) atoms. The first-order valence-corrected chi connectivity index (χ1v) is 27.0. The van der Waals surface area contributed by atoms with Gasteiger partial charge in [0, 0.05) is 48.8 Å². The van der Waals surface area contributed by atoms with Crippen LogP contribution in [-0.4, -0.2) is 155 Å². The number of carbonyl (C=O) groups excluding carboxylic acids is 7. The number of rotatable bonds is 36. The van der Waals surface area contributed by atoms with Gasteiger partial charge in [0.1, 0.15) is 42.3 Å². The van der Waals surface area contributed by atoms with Gasteiger partial charge in [-0.25, -0.2) is 4.79 Å². The minimum atomic E-state index is -1.45. The molecule has 2 rings (SSSR count). The maximum Gasteiger partial charge on any atom is 0.327 e. The third-order valence-electron chi connectivity index (χ3n) is 11.5. The van der Waals surface area contributed by atoms with E-state index in [9.17, 15) is 43.5 Å². The first kappa shape index (κ1) is 66.3. The summed E-state index contributed by atoms with van der Waals surface area (Å²) in [6, 6.07) is 6.65. The van der Waals surface area contributed by atoms with Gasteiger partial charge < -0.3 is 81.2 Å². The maximum atomic E-state index is 14.6. The van der Waals surface area contributed by atoms with Gasteiger partial charge in [0.05, 0.1) is 6.04 Å². The number of carbonyl (C=O) groups is 8. The molecular weight excluding hydrogens is 1100 g/mol. The molecule has 426 valence electrons. The van der Waals surface area contributed by atoms with E-state index in [1.54, 1.807) is 60.7 Å². The lowest BCUT2D eigenvalue weighted by atomic mass is 10.0. The summed E-state index contributed by atoms with van der Waals surface area (Å²) in [4.78, 5) is 109. The highest BCUT2D eigenvalue weighted by atomic mass is 79.9. The Bertz CT molecular complexity index is 2280. The number of alkyl halides is 1. The summed E-state index contributed by atoms with van der Waals surface area (Å²) in [5, 5.41) is 58.5. The van der Waals surface area contributed by atoms with Crippen molar-refractivity contribution in [3.8, 4) is 0 Å². The van der Waals surface area contributed by atoms with E-state index in [1.807, 2.05) is 6.92 Å². The number of amides is 7. The van der Waals surface area contributed by atoms with E-state index in [0.29, 0.717) is 36.9 Å². The van der Waals surface area contributed by atoms with Crippen LogP contribution in [-0.2, 0) is 51.2 Å². The number of carboxylic acids is 1. The molecule has 0 bridgehead atoms. The lowest BCUT2D eigenvalue weighted by Gasteiger charge is -2.28. The summed E-state index contributed by atoms with van der Waals surface area (Å²) >= 11 is 11.8. The third-order valence-corrected chi connectivity index (χ3v) is 13.0. The van der Waals surface area contributed by atoms with Gasteiger partial charge in [-0.1, -0.05) is 96.4 Å². The Morgan fingerprint density at radius 3 is 1.32 bits per heavy atom. The van der Waals surface area contributed by atoms with Crippen LogP contribution in [0, 0.1) is 16.2 Å². The molecule has 0 aromatic heterocycles. The van der Waals surface area contributed by atoms with Crippen molar-refractivity contribution in [2.75, 3.05) is 31.1 Å².